The van der Waals surface area contributed by atoms with Gasteiger partial charge < -0.3 is 8.94 Å². The van der Waals surface area contributed by atoms with E-state index in [0.717, 1.165) is 5.76 Å². The second-order valence-corrected chi connectivity index (χ2v) is 6.49. The maximum absolute atomic E-state index is 5.62. The molecule has 0 aliphatic carbocycles. The Hall–Kier alpha value is -1.65. The Balaban J connectivity index is 2.33. The van der Waals surface area contributed by atoms with E-state index in [-0.39, 0.29) is 10.8 Å². The van der Waals surface area contributed by atoms with Gasteiger partial charge in [-0.15, -0.1) is 10.2 Å². The topological polar surface area (TPSA) is 65.0 Å². The number of hydrogen-bond donors (Lipinski definition) is 0. The molecule has 0 aliphatic heterocycles. The summed E-state index contributed by atoms with van der Waals surface area (Å²) in [7, 11) is 0. The maximum Gasteiger partial charge on any atom is 0.269 e. The van der Waals surface area contributed by atoms with Crippen LogP contribution in [0.25, 0.3) is 11.6 Å². The van der Waals surface area contributed by atoms with Crippen molar-refractivity contribution in [2.75, 3.05) is 0 Å². The minimum Gasteiger partial charge on any atom is -0.419 e. The van der Waals surface area contributed by atoms with E-state index >= 15 is 0 Å². The van der Waals surface area contributed by atoms with Crippen LogP contribution in [0.1, 0.15) is 53.2 Å². The summed E-state index contributed by atoms with van der Waals surface area (Å²) in [4.78, 5) is 0. The van der Waals surface area contributed by atoms with Crippen molar-refractivity contribution in [2.45, 2.75) is 52.4 Å². The van der Waals surface area contributed by atoms with E-state index in [1.165, 1.54) is 0 Å². The molecule has 2 heterocycles. The highest BCUT2D eigenvalue weighted by molar-refractivity contribution is 5.46. The van der Waals surface area contributed by atoms with Gasteiger partial charge in [-0.05, 0) is 0 Å². The number of nitrogens with zero attached hydrogens (tertiary/aromatic N) is 3. The molecule has 2 aromatic rings. The van der Waals surface area contributed by atoms with Gasteiger partial charge in [0, 0.05) is 16.9 Å². The molecule has 0 saturated carbocycles. The third-order valence-corrected chi connectivity index (χ3v) is 2.54. The molecule has 0 spiro atoms. The molecule has 0 saturated heterocycles. The van der Waals surface area contributed by atoms with Gasteiger partial charge in [0.05, 0.1) is 0 Å². The van der Waals surface area contributed by atoms with Gasteiger partial charge in [-0.3, -0.25) is 0 Å². The third-order valence-electron chi connectivity index (χ3n) is 2.54. The third kappa shape index (κ3) is 2.44. The van der Waals surface area contributed by atoms with Gasteiger partial charge in [-0.2, -0.15) is 0 Å². The SMILES string of the molecule is CC(C)(C)c1cc(-c2nnc(C(C)(C)C)o2)no1. The van der Waals surface area contributed by atoms with E-state index in [2.05, 4.69) is 36.1 Å². The predicted octanol–water partition coefficient (Wildman–Crippen LogP) is 3.32. The Labute approximate surface area is 107 Å². The van der Waals surface area contributed by atoms with Gasteiger partial charge in [0.1, 0.15) is 5.76 Å². The van der Waals surface area contributed by atoms with Crippen LogP contribution >= 0.6 is 0 Å². The predicted molar refractivity (Wildman–Crippen MR) is 67.2 cm³/mol. The highest BCUT2D eigenvalue weighted by Gasteiger charge is 2.25. The summed E-state index contributed by atoms with van der Waals surface area (Å²) in [5, 5.41) is 12.0. The lowest BCUT2D eigenvalue weighted by atomic mass is 9.93. The lowest BCUT2D eigenvalue weighted by Crippen LogP contribution is -2.11. The molecule has 0 atom stereocenters. The van der Waals surface area contributed by atoms with E-state index in [1.54, 1.807) is 0 Å². The van der Waals surface area contributed by atoms with Crippen molar-refractivity contribution < 1.29 is 8.94 Å². The summed E-state index contributed by atoms with van der Waals surface area (Å²) in [6.07, 6.45) is 0. The molecule has 5 heteroatoms. The van der Waals surface area contributed by atoms with Gasteiger partial charge in [-0.1, -0.05) is 46.7 Å². The monoisotopic (exact) mass is 249 g/mol. The lowest BCUT2D eigenvalue weighted by Gasteiger charge is -2.12. The minimum absolute atomic E-state index is 0.0852. The molecule has 18 heavy (non-hydrogen) atoms. The molecule has 0 unspecified atom stereocenters. The highest BCUT2D eigenvalue weighted by Crippen LogP contribution is 2.28. The molecule has 2 aromatic heterocycles. The summed E-state index contributed by atoms with van der Waals surface area (Å²) in [6.45, 7) is 12.2. The van der Waals surface area contributed by atoms with Crippen LogP contribution in [0.4, 0.5) is 0 Å². The first kappa shape index (κ1) is 12.8. The average Bonchev–Trinajstić information content (AvgIpc) is 2.84. The fourth-order valence-electron chi connectivity index (χ4n) is 1.36. The molecule has 2 rings (SSSR count). The minimum atomic E-state index is -0.165. The smallest absolute Gasteiger partial charge is 0.269 e. The molecule has 0 radical (unpaired) electrons. The van der Waals surface area contributed by atoms with Gasteiger partial charge in [0.2, 0.25) is 5.89 Å². The van der Waals surface area contributed by atoms with Crippen molar-refractivity contribution in [3.63, 3.8) is 0 Å². The molecule has 0 amide bonds. The largest absolute Gasteiger partial charge is 0.419 e. The second kappa shape index (κ2) is 3.93. The summed E-state index contributed by atoms with van der Waals surface area (Å²) < 4.78 is 10.9. The van der Waals surface area contributed by atoms with Crippen LogP contribution < -0.4 is 0 Å². The molecule has 5 nitrogen and oxygen atoms in total. The quantitative estimate of drug-likeness (QED) is 0.775. The summed E-state index contributed by atoms with van der Waals surface area (Å²) in [5.41, 5.74) is 0.336. The summed E-state index contributed by atoms with van der Waals surface area (Å²) in [6, 6.07) is 1.85. The Morgan fingerprint density at radius 1 is 0.944 bits per heavy atom. The molecular weight excluding hydrogens is 230 g/mol. The van der Waals surface area contributed by atoms with E-state index in [4.69, 9.17) is 8.94 Å². The second-order valence-electron chi connectivity index (χ2n) is 6.49. The fourth-order valence-corrected chi connectivity index (χ4v) is 1.36. The van der Waals surface area contributed by atoms with Crippen molar-refractivity contribution in [3.05, 3.63) is 17.7 Å². The Kier molecular flexibility index (Phi) is 2.80. The lowest BCUT2D eigenvalue weighted by molar-refractivity contribution is 0.329. The van der Waals surface area contributed by atoms with E-state index in [0.29, 0.717) is 17.5 Å². The zero-order chi connectivity index (χ0) is 13.6. The Bertz CT molecular complexity index is 491. The fraction of sp³-hybridized carbons (Fsp3) is 0.615. The van der Waals surface area contributed by atoms with Crippen molar-refractivity contribution in [1.82, 2.24) is 15.4 Å². The number of hydrogen-bond acceptors (Lipinski definition) is 5. The van der Waals surface area contributed by atoms with E-state index in [9.17, 15) is 0 Å². The van der Waals surface area contributed by atoms with Gasteiger partial charge in [-0.25, -0.2) is 0 Å². The maximum atomic E-state index is 5.62. The Morgan fingerprint density at radius 3 is 2.06 bits per heavy atom. The van der Waals surface area contributed by atoms with Crippen LogP contribution in [0.15, 0.2) is 15.0 Å². The summed E-state index contributed by atoms with van der Waals surface area (Å²) in [5.74, 6) is 1.80. The highest BCUT2D eigenvalue weighted by atomic mass is 16.5. The molecule has 0 N–H and O–H groups in total. The van der Waals surface area contributed by atoms with Crippen molar-refractivity contribution in [2.24, 2.45) is 0 Å². The van der Waals surface area contributed by atoms with Crippen LogP contribution in [0.3, 0.4) is 0 Å². The molecular formula is C13H19N3O2. The van der Waals surface area contributed by atoms with Crippen LogP contribution in [0, 0.1) is 0 Å². The van der Waals surface area contributed by atoms with Crippen LogP contribution in [-0.4, -0.2) is 15.4 Å². The van der Waals surface area contributed by atoms with Crippen LogP contribution in [0.5, 0.6) is 0 Å². The molecule has 98 valence electrons. The number of rotatable bonds is 1. The molecule has 0 bridgehead atoms. The van der Waals surface area contributed by atoms with Crippen LogP contribution in [-0.2, 0) is 10.8 Å². The summed E-state index contributed by atoms with van der Waals surface area (Å²) >= 11 is 0. The van der Waals surface area contributed by atoms with Crippen molar-refractivity contribution in [3.8, 4) is 11.6 Å². The number of aromatic nitrogens is 3. The standard InChI is InChI=1S/C13H19N3O2/c1-12(2,3)9-7-8(16-18-9)10-14-15-11(17-10)13(4,5)6/h7H,1-6H3. The first-order valence-electron chi connectivity index (χ1n) is 5.99. The normalized spacial score (nSPS) is 13.0. The first-order valence-corrected chi connectivity index (χ1v) is 5.99. The van der Waals surface area contributed by atoms with Gasteiger partial charge in [0.25, 0.3) is 5.89 Å². The van der Waals surface area contributed by atoms with Crippen LogP contribution in [0.2, 0.25) is 0 Å². The zero-order valence-corrected chi connectivity index (χ0v) is 11.7. The van der Waals surface area contributed by atoms with E-state index in [1.807, 2.05) is 26.8 Å². The molecule has 0 aliphatic rings. The molecule has 0 fully saturated rings. The van der Waals surface area contributed by atoms with Crippen molar-refractivity contribution in [1.29, 1.82) is 0 Å². The van der Waals surface area contributed by atoms with Gasteiger partial charge in [0.15, 0.2) is 5.69 Å². The molecule has 0 aromatic carbocycles. The van der Waals surface area contributed by atoms with Crippen molar-refractivity contribution >= 4 is 0 Å². The van der Waals surface area contributed by atoms with Gasteiger partial charge >= 0.3 is 0 Å². The Morgan fingerprint density at radius 2 is 1.61 bits per heavy atom. The average molecular weight is 249 g/mol. The first-order chi connectivity index (χ1) is 8.18. The van der Waals surface area contributed by atoms with E-state index < -0.39 is 0 Å². The zero-order valence-electron chi connectivity index (χ0n) is 11.7.